The molecule has 2 aromatic rings. The second-order valence-corrected chi connectivity index (χ2v) is 3.22. The SMILES string of the molecule is N#Cc1ccnc(Nc2ccccc2)c1N. The van der Waals surface area contributed by atoms with Crippen LogP contribution in [0.25, 0.3) is 0 Å². The van der Waals surface area contributed by atoms with E-state index in [1.807, 2.05) is 36.4 Å². The van der Waals surface area contributed by atoms with Gasteiger partial charge in [-0.25, -0.2) is 4.98 Å². The molecule has 0 aliphatic heterocycles. The van der Waals surface area contributed by atoms with E-state index in [0.717, 1.165) is 5.69 Å². The number of anilines is 3. The molecule has 0 saturated carbocycles. The summed E-state index contributed by atoms with van der Waals surface area (Å²) in [6.07, 6.45) is 1.56. The fourth-order valence-electron chi connectivity index (χ4n) is 1.33. The summed E-state index contributed by atoms with van der Waals surface area (Å²) in [5.41, 5.74) is 7.47. The van der Waals surface area contributed by atoms with Crippen molar-refractivity contribution in [1.82, 2.24) is 4.98 Å². The van der Waals surface area contributed by atoms with E-state index in [0.29, 0.717) is 17.1 Å². The first-order valence-corrected chi connectivity index (χ1v) is 4.78. The maximum atomic E-state index is 8.82. The van der Waals surface area contributed by atoms with Crippen LogP contribution in [0.3, 0.4) is 0 Å². The van der Waals surface area contributed by atoms with E-state index in [9.17, 15) is 0 Å². The van der Waals surface area contributed by atoms with Crippen LogP contribution in [-0.2, 0) is 0 Å². The lowest BCUT2D eigenvalue weighted by molar-refractivity contribution is 1.30. The molecule has 1 heterocycles. The molecular weight excluding hydrogens is 200 g/mol. The summed E-state index contributed by atoms with van der Waals surface area (Å²) in [6.45, 7) is 0. The molecule has 1 aromatic heterocycles. The molecule has 1 aromatic carbocycles. The number of aromatic nitrogens is 1. The summed E-state index contributed by atoms with van der Waals surface area (Å²) in [4.78, 5) is 4.09. The smallest absolute Gasteiger partial charge is 0.154 e. The van der Waals surface area contributed by atoms with Crippen molar-refractivity contribution < 1.29 is 0 Å². The number of nitriles is 1. The fourth-order valence-corrected chi connectivity index (χ4v) is 1.33. The largest absolute Gasteiger partial charge is 0.395 e. The highest BCUT2D eigenvalue weighted by Crippen LogP contribution is 2.22. The maximum absolute atomic E-state index is 8.82. The van der Waals surface area contributed by atoms with Gasteiger partial charge in [-0.2, -0.15) is 5.26 Å². The Hall–Kier alpha value is -2.54. The minimum atomic E-state index is 0.369. The average molecular weight is 210 g/mol. The maximum Gasteiger partial charge on any atom is 0.154 e. The Morgan fingerprint density at radius 3 is 2.62 bits per heavy atom. The van der Waals surface area contributed by atoms with E-state index in [1.54, 1.807) is 12.3 Å². The van der Waals surface area contributed by atoms with Gasteiger partial charge in [-0.05, 0) is 18.2 Å². The van der Waals surface area contributed by atoms with Crippen molar-refractivity contribution in [2.75, 3.05) is 11.1 Å². The van der Waals surface area contributed by atoms with E-state index in [2.05, 4.69) is 10.3 Å². The van der Waals surface area contributed by atoms with Gasteiger partial charge in [-0.3, -0.25) is 0 Å². The van der Waals surface area contributed by atoms with Crippen LogP contribution in [-0.4, -0.2) is 4.98 Å². The monoisotopic (exact) mass is 210 g/mol. The minimum Gasteiger partial charge on any atom is -0.395 e. The molecule has 0 fully saturated rings. The number of nitrogen functional groups attached to an aromatic ring is 1. The normalized spacial score (nSPS) is 9.44. The Morgan fingerprint density at radius 2 is 1.94 bits per heavy atom. The standard InChI is InChI=1S/C12H10N4/c13-8-9-6-7-15-12(11(9)14)16-10-4-2-1-3-5-10/h1-7H,14H2,(H,15,16). The quantitative estimate of drug-likeness (QED) is 0.797. The van der Waals surface area contributed by atoms with Crippen LogP contribution >= 0.6 is 0 Å². The lowest BCUT2D eigenvalue weighted by Gasteiger charge is -2.08. The molecule has 4 nitrogen and oxygen atoms in total. The first-order chi connectivity index (χ1) is 7.81. The van der Waals surface area contributed by atoms with Gasteiger partial charge in [0.25, 0.3) is 0 Å². The van der Waals surface area contributed by atoms with Crippen LogP contribution in [0.1, 0.15) is 5.56 Å². The Morgan fingerprint density at radius 1 is 1.19 bits per heavy atom. The van der Waals surface area contributed by atoms with Crippen LogP contribution in [0.2, 0.25) is 0 Å². The third-order valence-corrected chi connectivity index (χ3v) is 2.15. The minimum absolute atomic E-state index is 0.369. The summed E-state index contributed by atoms with van der Waals surface area (Å²) in [5.74, 6) is 0.505. The van der Waals surface area contributed by atoms with Gasteiger partial charge in [0.05, 0.1) is 11.3 Å². The zero-order valence-electron chi connectivity index (χ0n) is 8.51. The number of rotatable bonds is 2. The van der Waals surface area contributed by atoms with Crippen LogP contribution in [0.15, 0.2) is 42.6 Å². The summed E-state index contributed by atoms with van der Waals surface area (Å²) in [5, 5.41) is 11.9. The van der Waals surface area contributed by atoms with Gasteiger partial charge in [-0.15, -0.1) is 0 Å². The molecular formula is C12H10N4. The summed E-state index contributed by atoms with van der Waals surface area (Å²) >= 11 is 0. The van der Waals surface area contributed by atoms with E-state index in [1.165, 1.54) is 0 Å². The number of pyridine rings is 1. The lowest BCUT2D eigenvalue weighted by Crippen LogP contribution is -2.00. The molecule has 16 heavy (non-hydrogen) atoms. The third-order valence-electron chi connectivity index (χ3n) is 2.15. The summed E-state index contributed by atoms with van der Waals surface area (Å²) in [6, 6.07) is 13.2. The molecule has 0 saturated heterocycles. The van der Waals surface area contributed by atoms with Crippen molar-refractivity contribution in [3.05, 3.63) is 48.2 Å². The van der Waals surface area contributed by atoms with Gasteiger partial charge < -0.3 is 11.1 Å². The predicted octanol–water partition coefficient (Wildman–Crippen LogP) is 2.28. The van der Waals surface area contributed by atoms with E-state index in [4.69, 9.17) is 11.0 Å². The van der Waals surface area contributed by atoms with Crippen LogP contribution < -0.4 is 11.1 Å². The highest BCUT2D eigenvalue weighted by Gasteiger charge is 2.05. The lowest BCUT2D eigenvalue weighted by atomic mass is 10.2. The van der Waals surface area contributed by atoms with Crippen LogP contribution in [0.5, 0.6) is 0 Å². The zero-order chi connectivity index (χ0) is 11.4. The van der Waals surface area contributed by atoms with Crippen molar-refractivity contribution in [3.8, 4) is 6.07 Å². The topological polar surface area (TPSA) is 74.7 Å². The summed E-state index contributed by atoms with van der Waals surface area (Å²) in [7, 11) is 0. The van der Waals surface area contributed by atoms with Crippen molar-refractivity contribution in [2.24, 2.45) is 0 Å². The summed E-state index contributed by atoms with van der Waals surface area (Å²) < 4.78 is 0. The Labute approximate surface area is 93.4 Å². The number of benzene rings is 1. The van der Waals surface area contributed by atoms with Crippen molar-refractivity contribution in [2.45, 2.75) is 0 Å². The number of nitrogens with two attached hydrogens (primary N) is 1. The highest BCUT2D eigenvalue weighted by molar-refractivity contribution is 5.73. The molecule has 78 valence electrons. The predicted molar refractivity (Wildman–Crippen MR) is 63.1 cm³/mol. The number of para-hydroxylation sites is 1. The fraction of sp³-hybridized carbons (Fsp3) is 0. The highest BCUT2D eigenvalue weighted by atomic mass is 15.0. The van der Waals surface area contributed by atoms with Crippen molar-refractivity contribution in [3.63, 3.8) is 0 Å². The molecule has 4 heteroatoms. The Balaban J connectivity index is 2.33. The van der Waals surface area contributed by atoms with Gasteiger partial charge in [-0.1, -0.05) is 18.2 Å². The van der Waals surface area contributed by atoms with Gasteiger partial charge in [0, 0.05) is 11.9 Å². The van der Waals surface area contributed by atoms with Crippen LogP contribution in [0.4, 0.5) is 17.2 Å². The van der Waals surface area contributed by atoms with Gasteiger partial charge in [0.1, 0.15) is 6.07 Å². The molecule has 0 aliphatic carbocycles. The second kappa shape index (κ2) is 4.32. The molecule has 0 bridgehead atoms. The second-order valence-electron chi connectivity index (χ2n) is 3.22. The number of hydrogen-bond acceptors (Lipinski definition) is 4. The van der Waals surface area contributed by atoms with Gasteiger partial charge in [0.15, 0.2) is 5.82 Å². The van der Waals surface area contributed by atoms with Crippen molar-refractivity contribution >= 4 is 17.2 Å². The first kappa shape index (κ1) is 9.99. The Kier molecular flexibility index (Phi) is 2.70. The molecule has 0 aliphatic rings. The Bertz CT molecular complexity index is 528. The molecule has 0 radical (unpaired) electrons. The van der Waals surface area contributed by atoms with Crippen LogP contribution in [0, 0.1) is 11.3 Å². The molecule has 3 N–H and O–H groups in total. The molecule has 0 atom stereocenters. The number of nitrogens with zero attached hydrogens (tertiary/aromatic N) is 2. The molecule has 0 unspecified atom stereocenters. The van der Waals surface area contributed by atoms with E-state index < -0.39 is 0 Å². The van der Waals surface area contributed by atoms with Gasteiger partial charge >= 0.3 is 0 Å². The molecule has 0 amide bonds. The average Bonchev–Trinajstić information content (AvgIpc) is 2.33. The van der Waals surface area contributed by atoms with Crippen molar-refractivity contribution in [1.29, 1.82) is 5.26 Å². The molecule has 0 spiro atoms. The third kappa shape index (κ3) is 1.93. The van der Waals surface area contributed by atoms with Gasteiger partial charge in [0.2, 0.25) is 0 Å². The molecule has 2 rings (SSSR count). The number of hydrogen-bond donors (Lipinski definition) is 2. The van der Waals surface area contributed by atoms with E-state index >= 15 is 0 Å². The van der Waals surface area contributed by atoms with E-state index in [-0.39, 0.29) is 0 Å². The zero-order valence-corrected chi connectivity index (χ0v) is 8.51. The first-order valence-electron chi connectivity index (χ1n) is 4.78. The number of nitrogens with one attached hydrogen (secondary N) is 1.